The second kappa shape index (κ2) is 7.08. The summed E-state index contributed by atoms with van der Waals surface area (Å²) < 4.78 is 0. The molecule has 2 unspecified atom stereocenters. The topological polar surface area (TPSA) is 63.2 Å². The van der Waals surface area contributed by atoms with Crippen LogP contribution < -0.4 is 4.90 Å². The van der Waals surface area contributed by atoms with Crippen LogP contribution in [0.5, 0.6) is 0 Å². The van der Waals surface area contributed by atoms with Crippen molar-refractivity contribution in [2.24, 2.45) is 10.4 Å². The number of aliphatic imine (C=N–C) groups is 1. The monoisotopic (exact) mass is 416 g/mol. The minimum atomic E-state index is -1.32. The molecule has 0 bridgehead atoms. The summed E-state index contributed by atoms with van der Waals surface area (Å²) in [4.78, 5) is 7.31. The van der Waals surface area contributed by atoms with Gasteiger partial charge in [-0.05, 0) is 43.5 Å². The summed E-state index contributed by atoms with van der Waals surface area (Å²) in [5, 5.41) is 21.2. The third-order valence-electron chi connectivity index (χ3n) is 6.31. The van der Waals surface area contributed by atoms with Crippen LogP contribution in [0.15, 0.2) is 83.9 Å². The fourth-order valence-electron chi connectivity index (χ4n) is 5.17. The quantitative estimate of drug-likeness (QED) is 0.471. The van der Waals surface area contributed by atoms with Crippen LogP contribution >= 0.6 is 0 Å². The average molecular weight is 417 g/mol. The first kappa shape index (κ1) is 20.0. The lowest BCUT2D eigenvalue weighted by molar-refractivity contribution is 0.437. The molecule has 0 aliphatic carbocycles. The zero-order chi connectivity index (χ0) is 22.5. The molecule has 2 aliphatic heterocycles. The van der Waals surface area contributed by atoms with Crippen molar-refractivity contribution in [3.8, 4) is 23.3 Å². The molecule has 0 saturated carbocycles. The minimum absolute atomic E-state index is 0.375. The highest BCUT2D eigenvalue weighted by Crippen LogP contribution is 2.61. The molecule has 2 atom stereocenters. The third kappa shape index (κ3) is 2.77. The number of anilines is 1. The van der Waals surface area contributed by atoms with Crippen molar-refractivity contribution < 1.29 is 0 Å². The lowest BCUT2D eigenvalue weighted by Gasteiger charge is -2.38. The van der Waals surface area contributed by atoms with Crippen LogP contribution in [0.4, 0.5) is 5.69 Å². The number of hydrogen-bond acceptors (Lipinski definition) is 3. The van der Waals surface area contributed by atoms with E-state index in [0.717, 1.165) is 33.8 Å². The molecule has 5 rings (SSSR count). The summed E-state index contributed by atoms with van der Waals surface area (Å²) in [5.74, 6) is 0.306. The van der Waals surface area contributed by atoms with Crippen LogP contribution in [0.2, 0.25) is 0 Å². The molecular formula is C28H24N4. The predicted molar refractivity (Wildman–Crippen MR) is 127 cm³/mol. The molecule has 156 valence electrons. The highest BCUT2D eigenvalue weighted by molar-refractivity contribution is 6.11. The van der Waals surface area contributed by atoms with E-state index in [-0.39, 0.29) is 5.54 Å². The van der Waals surface area contributed by atoms with Gasteiger partial charge in [-0.3, -0.25) is 4.99 Å². The molecule has 0 aromatic heterocycles. The van der Waals surface area contributed by atoms with E-state index >= 15 is 0 Å². The third-order valence-corrected chi connectivity index (χ3v) is 6.31. The molecule has 3 aromatic rings. The van der Waals surface area contributed by atoms with E-state index in [1.165, 1.54) is 0 Å². The minimum Gasteiger partial charge on any atom is -0.319 e. The molecule has 1 saturated heterocycles. The van der Waals surface area contributed by atoms with Crippen LogP contribution in [0, 0.1) is 28.1 Å². The van der Waals surface area contributed by atoms with E-state index in [0.29, 0.717) is 0 Å². The standard InChI is InChI=1S/C28H24N4/c1-27(2,3)31-26-24(19-11-5-4-6-12-19)28(17-29,18-30)25-22-15-8-7-13-20(22)21-14-9-10-16-23(21)32(25)26/h4-16,24-25H,1-3H3. The molecule has 4 heteroatoms. The molecule has 2 heterocycles. The van der Waals surface area contributed by atoms with Gasteiger partial charge >= 0.3 is 0 Å². The Hall–Kier alpha value is -3.89. The van der Waals surface area contributed by atoms with E-state index in [4.69, 9.17) is 4.99 Å². The highest BCUT2D eigenvalue weighted by Gasteiger charge is 2.62. The number of para-hydroxylation sites is 1. The molecule has 3 aromatic carbocycles. The van der Waals surface area contributed by atoms with E-state index in [1.54, 1.807) is 0 Å². The Labute approximate surface area is 189 Å². The Kier molecular flexibility index (Phi) is 4.43. The van der Waals surface area contributed by atoms with Gasteiger partial charge in [-0.2, -0.15) is 10.5 Å². The number of benzene rings is 3. The number of nitrogens with zero attached hydrogens (tertiary/aromatic N) is 4. The normalized spacial score (nSPS) is 21.8. The van der Waals surface area contributed by atoms with Gasteiger partial charge in [0.2, 0.25) is 0 Å². The van der Waals surface area contributed by atoms with Crippen molar-refractivity contribution in [3.63, 3.8) is 0 Å². The number of hydrogen-bond donors (Lipinski definition) is 0. The maximum absolute atomic E-state index is 10.6. The molecule has 0 radical (unpaired) electrons. The highest BCUT2D eigenvalue weighted by atomic mass is 15.3. The summed E-state index contributed by atoms with van der Waals surface area (Å²) in [6.45, 7) is 6.17. The van der Waals surface area contributed by atoms with Gasteiger partial charge in [0.05, 0.1) is 35.3 Å². The number of nitriles is 2. The summed E-state index contributed by atoms with van der Waals surface area (Å²) in [6, 6.07) is 30.7. The van der Waals surface area contributed by atoms with Crippen LogP contribution in [0.25, 0.3) is 11.1 Å². The first-order valence-electron chi connectivity index (χ1n) is 10.9. The number of rotatable bonds is 1. The first-order valence-corrected chi connectivity index (χ1v) is 10.9. The fourth-order valence-corrected chi connectivity index (χ4v) is 5.17. The van der Waals surface area contributed by atoms with E-state index < -0.39 is 17.4 Å². The van der Waals surface area contributed by atoms with Gasteiger partial charge in [-0.25, -0.2) is 0 Å². The van der Waals surface area contributed by atoms with Crippen molar-refractivity contribution in [2.75, 3.05) is 4.90 Å². The van der Waals surface area contributed by atoms with Crippen molar-refractivity contribution in [1.82, 2.24) is 0 Å². The Morgan fingerprint density at radius 3 is 2.06 bits per heavy atom. The van der Waals surface area contributed by atoms with Gasteiger partial charge in [-0.15, -0.1) is 0 Å². The molecular weight excluding hydrogens is 392 g/mol. The number of amidine groups is 1. The Morgan fingerprint density at radius 2 is 1.41 bits per heavy atom. The second-order valence-electron chi connectivity index (χ2n) is 9.45. The SMILES string of the molecule is CC(C)(C)N=C1C(c2ccccc2)C(C#N)(C#N)C2c3ccccc3-c3ccccc3N12. The first-order chi connectivity index (χ1) is 15.4. The van der Waals surface area contributed by atoms with Gasteiger partial charge in [0.15, 0.2) is 5.41 Å². The average Bonchev–Trinajstić information content (AvgIpc) is 3.09. The molecule has 2 aliphatic rings. The Bertz CT molecular complexity index is 1290. The van der Waals surface area contributed by atoms with Gasteiger partial charge in [0, 0.05) is 5.56 Å². The predicted octanol–water partition coefficient (Wildman–Crippen LogP) is 6.24. The van der Waals surface area contributed by atoms with Crippen LogP contribution in [-0.4, -0.2) is 11.4 Å². The summed E-state index contributed by atoms with van der Waals surface area (Å²) in [7, 11) is 0. The van der Waals surface area contributed by atoms with Crippen molar-refractivity contribution in [3.05, 3.63) is 90.0 Å². The van der Waals surface area contributed by atoms with Crippen LogP contribution in [-0.2, 0) is 0 Å². The van der Waals surface area contributed by atoms with E-state index in [1.807, 2.05) is 54.6 Å². The zero-order valence-electron chi connectivity index (χ0n) is 18.4. The molecule has 0 spiro atoms. The maximum Gasteiger partial charge on any atom is 0.182 e. The largest absolute Gasteiger partial charge is 0.319 e. The molecule has 32 heavy (non-hydrogen) atoms. The van der Waals surface area contributed by atoms with Gasteiger partial charge in [-0.1, -0.05) is 72.8 Å². The number of fused-ring (bicyclic) bond motifs is 6. The molecule has 0 amide bonds. The fraction of sp³-hybridized carbons (Fsp3) is 0.250. The van der Waals surface area contributed by atoms with Gasteiger partial charge in [0.25, 0.3) is 0 Å². The molecule has 0 N–H and O–H groups in total. The Balaban J connectivity index is 1.92. The van der Waals surface area contributed by atoms with Crippen LogP contribution in [0.3, 0.4) is 0 Å². The van der Waals surface area contributed by atoms with Gasteiger partial charge in [0.1, 0.15) is 5.84 Å². The van der Waals surface area contributed by atoms with Crippen LogP contribution in [0.1, 0.15) is 43.9 Å². The van der Waals surface area contributed by atoms with Gasteiger partial charge < -0.3 is 4.90 Å². The lowest BCUT2D eigenvalue weighted by Crippen LogP contribution is -2.36. The smallest absolute Gasteiger partial charge is 0.182 e. The lowest BCUT2D eigenvalue weighted by atomic mass is 9.69. The van der Waals surface area contributed by atoms with E-state index in [9.17, 15) is 10.5 Å². The summed E-state index contributed by atoms with van der Waals surface area (Å²) in [5.41, 5.74) is 3.39. The second-order valence-corrected chi connectivity index (χ2v) is 9.45. The maximum atomic E-state index is 10.6. The zero-order valence-corrected chi connectivity index (χ0v) is 18.4. The van der Waals surface area contributed by atoms with Crippen molar-refractivity contribution in [2.45, 2.75) is 38.3 Å². The van der Waals surface area contributed by atoms with E-state index in [2.05, 4.69) is 62.1 Å². The van der Waals surface area contributed by atoms with Crippen molar-refractivity contribution >= 4 is 11.5 Å². The Morgan fingerprint density at radius 1 is 0.812 bits per heavy atom. The van der Waals surface area contributed by atoms with Crippen molar-refractivity contribution in [1.29, 1.82) is 10.5 Å². The summed E-state index contributed by atoms with van der Waals surface area (Å²) >= 11 is 0. The molecule has 1 fully saturated rings. The summed E-state index contributed by atoms with van der Waals surface area (Å²) in [6.07, 6.45) is 0. The molecule has 4 nitrogen and oxygen atoms in total.